The zero-order valence-corrected chi connectivity index (χ0v) is 24.3. The number of hydrogen-bond acceptors (Lipinski definition) is 7. The predicted molar refractivity (Wildman–Crippen MR) is 159 cm³/mol. The zero-order chi connectivity index (χ0) is 31.1. The van der Waals surface area contributed by atoms with Gasteiger partial charge in [0, 0.05) is 25.9 Å². The maximum Gasteiger partial charge on any atom is 0.255 e. The van der Waals surface area contributed by atoms with Crippen molar-refractivity contribution in [1.29, 1.82) is 0 Å². The Morgan fingerprint density at radius 3 is 2.26 bits per heavy atom. The Labute approximate surface area is 250 Å². The van der Waals surface area contributed by atoms with Crippen LogP contribution < -0.4 is 16.0 Å². The third-order valence-electron chi connectivity index (χ3n) is 7.80. The van der Waals surface area contributed by atoms with Gasteiger partial charge in [0.2, 0.25) is 17.7 Å². The lowest BCUT2D eigenvalue weighted by molar-refractivity contribution is -0.146. The van der Waals surface area contributed by atoms with Crippen LogP contribution in [0.3, 0.4) is 0 Å². The van der Waals surface area contributed by atoms with Crippen LogP contribution in [0.1, 0.15) is 35.3 Å². The van der Waals surface area contributed by atoms with Gasteiger partial charge in [0.15, 0.2) is 0 Å². The van der Waals surface area contributed by atoms with E-state index in [-0.39, 0.29) is 24.2 Å². The van der Waals surface area contributed by atoms with Crippen molar-refractivity contribution in [2.24, 2.45) is 5.92 Å². The standard InChI is InChI=1S/C32H37N5O6/c1-19-28(39)24(16-22-12-9-15-33-18-22)35-31(42)27(36-29(40)23-13-7-8-14-26(23)38)20(2)34-30(41)25(37(3)32(19)43)17-21-10-5-4-6-11-21/h4-15,18-20,24-25,27-28,38-39H,16-17H2,1-3H3,(H,34,41)(H,35,42)(H,36,40)/t19-,20-,24+,25?,27+,28+/m1/s1. The minimum absolute atomic E-state index is 0.0483. The van der Waals surface area contributed by atoms with E-state index in [9.17, 15) is 29.4 Å². The molecule has 2 heterocycles. The number of nitrogens with one attached hydrogen (secondary N) is 3. The Balaban J connectivity index is 1.72. The first-order valence-corrected chi connectivity index (χ1v) is 14.1. The van der Waals surface area contributed by atoms with E-state index in [0.717, 1.165) is 5.56 Å². The van der Waals surface area contributed by atoms with E-state index in [2.05, 4.69) is 20.9 Å². The topological polar surface area (TPSA) is 161 Å². The van der Waals surface area contributed by atoms with Gasteiger partial charge < -0.3 is 31.1 Å². The average Bonchev–Trinajstić information content (AvgIpc) is 3.01. The molecule has 0 radical (unpaired) electrons. The summed E-state index contributed by atoms with van der Waals surface area (Å²) in [6, 6.07) is 14.4. The molecule has 2 aromatic carbocycles. The number of hydrogen-bond donors (Lipinski definition) is 5. The summed E-state index contributed by atoms with van der Waals surface area (Å²) in [5, 5.41) is 30.0. The lowest BCUT2D eigenvalue weighted by Gasteiger charge is -2.37. The number of carbonyl (C=O) groups excluding carboxylic acids is 4. The number of nitrogens with zero attached hydrogens (tertiary/aromatic N) is 2. The maximum atomic E-state index is 13.8. The van der Waals surface area contributed by atoms with E-state index in [1.165, 1.54) is 24.1 Å². The van der Waals surface area contributed by atoms with Gasteiger partial charge in [0.05, 0.1) is 29.7 Å². The highest BCUT2D eigenvalue weighted by Crippen LogP contribution is 2.20. The van der Waals surface area contributed by atoms with Gasteiger partial charge in [-0.25, -0.2) is 0 Å². The van der Waals surface area contributed by atoms with Crippen LogP contribution in [0.25, 0.3) is 0 Å². The molecule has 0 aliphatic carbocycles. The fourth-order valence-electron chi connectivity index (χ4n) is 5.22. The Kier molecular flexibility index (Phi) is 10.1. The van der Waals surface area contributed by atoms with Gasteiger partial charge in [-0.3, -0.25) is 24.2 Å². The highest BCUT2D eigenvalue weighted by Gasteiger charge is 2.40. The molecule has 4 amide bonds. The number of aliphatic hydroxyl groups is 1. The summed E-state index contributed by atoms with van der Waals surface area (Å²) in [4.78, 5) is 59.8. The molecule has 1 unspecified atom stereocenters. The summed E-state index contributed by atoms with van der Waals surface area (Å²) < 4.78 is 0. The normalized spacial score (nSPS) is 25.1. The fraction of sp³-hybridized carbons (Fsp3) is 0.344. The van der Waals surface area contributed by atoms with E-state index < -0.39 is 59.8 Å². The monoisotopic (exact) mass is 587 g/mol. The summed E-state index contributed by atoms with van der Waals surface area (Å²) in [6.45, 7) is 3.12. The molecule has 226 valence electrons. The van der Waals surface area contributed by atoms with Gasteiger partial charge in [0.25, 0.3) is 5.91 Å². The Bertz CT molecular complexity index is 1440. The number of aliphatic hydroxyl groups excluding tert-OH is 1. The molecule has 5 N–H and O–H groups in total. The molecule has 11 heteroatoms. The van der Waals surface area contributed by atoms with Crippen molar-refractivity contribution < 1.29 is 29.4 Å². The molecule has 0 bridgehead atoms. The van der Waals surface area contributed by atoms with Crippen molar-refractivity contribution in [3.05, 3.63) is 95.8 Å². The average molecular weight is 588 g/mol. The van der Waals surface area contributed by atoms with Crippen LogP contribution in [-0.4, -0.2) is 81.0 Å². The van der Waals surface area contributed by atoms with Crippen LogP contribution in [-0.2, 0) is 27.2 Å². The molecule has 1 aliphatic heterocycles. The first kappa shape index (κ1) is 31.2. The first-order valence-electron chi connectivity index (χ1n) is 14.1. The Hall–Kier alpha value is -4.77. The number of aromatic hydroxyl groups is 1. The number of likely N-dealkylation sites (N-methyl/N-ethyl adjacent to an activating group) is 1. The van der Waals surface area contributed by atoms with Crippen molar-refractivity contribution in [3.63, 3.8) is 0 Å². The number of phenolic OH excluding ortho intramolecular Hbond substituents is 1. The summed E-state index contributed by atoms with van der Waals surface area (Å²) >= 11 is 0. The van der Waals surface area contributed by atoms with Crippen molar-refractivity contribution in [2.75, 3.05) is 7.05 Å². The smallest absolute Gasteiger partial charge is 0.255 e. The molecule has 0 spiro atoms. The predicted octanol–water partition coefficient (Wildman–Crippen LogP) is 1.20. The summed E-state index contributed by atoms with van der Waals surface area (Å²) in [7, 11) is 1.52. The van der Waals surface area contributed by atoms with Crippen LogP contribution in [0.5, 0.6) is 5.75 Å². The molecular weight excluding hydrogens is 550 g/mol. The zero-order valence-electron chi connectivity index (χ0n) is 24.3. The van der Waals surface area contributed by atoms with E-state index in [1.807, 2.05) is 30.3 Å². The number of phenols is 1. The first-order chi connectivity index (χ1) is 20.6. The quantitative estimate of drug-likeness (QED) is 0.290. The molecule has 0 saturated carbocycles. The van der Waals surface area contributed by atoms with E-state index >= 15 is 0 Å². The van der Waals surface area contributed by atoms with Gasteiger partial charge >= 0.3 is 0 Å². The number of rotatable bonds is 6. The van der Waals surface area contributed by atoms with Crippen LogP contribution in [0, 0.1) is 5.92 Å². The molecule has 1 fully saturated rings. The number of benzene rings is 2. The van der Waals surface area contributed by atoms with Crippen molar-refractivity contribution >= 4 is 23.6 Å². The van der Waals surface area contributed by atoms with E-state index in [4.69, 9.17) is 0 Å². The SMILES string of the molecule is C[C@H]1NC(=O)C(Cc2ccccc2)N(C)C(=O)[C@H](C)[C@H](O)[C@H](Cc2cccnc2)NC(=O)[C@H]1NC(=O)c1ccccc1O. The maximum absolute atomic E-state index is 13.8. The van der Waals surface area contributed by atoms with Gasteiger partial charge in [-0.2, -0.15) is 0 Å². The van der Waals surface area contributed by atoms with Gasteiger partial charge in [-0.05, 0) is 42.7 Å². The number of carbonyl (C=O) groups is 4. The Morgan fingerprint density at radius 2 is 1.58 bits per heavy atom. The molecule has 3 aromatic rings. The second-order valence-electron chi connectivity index (χ2n) is 10.9. The molecular formula is C32H37N5O6. The van der Waals surface area contributed by atoms with Crippen LogP contribution in [0.2, 0.25) is 0 Å². The summed E-state index contributed by atoms with van der Waals surface area (Å²) in [6.07, 6.45) is 2.19. The van der Waals surface area contributed by atoms with Crippen molar-refractivity contribution in [1.82, 2.24) is 25.8 Å². The molecule has 1 aliphatic rings. The second kappa shape index (κ2) is 13.9. The summed E-state index contributed by atoms with van der Waals surface area (Å²) in [5.74, 6) is -3.67. The molecule has 43 heavy (non-hydrogen) atoms. The molecule has 11 nitrogen and oxygen atoms in total. The molecule has 6 atom stereocenters. The second-order valence-corrected chi connectivity index (χ2v) is 10.9. The van der Waals surface area contributed by atoms with Gasteiger partial charge in [-0.15, -0.1) is 0 Å². The highest BCUT2D eigenvalue weighted by atomic mass is 16.3. The fourth-order valence-corrected chi connectivity index (χ4v) is 5.22. The minimum Gasteiger partial charge on any atom is -0.507 e. The van der Waals surface area contributed by atoms with Crippen LogP contribution in [0.4, 0.5) is 0 Å². The van der Waals surface area contributed by atoms with Crippen molar-refractivity contribution in [3.8, 4) is 5.75 Å². The highest BCUT2D eigenvalue weighted by molar-refractivity contribution is 6.00. The molecule has 4 rings (SSSR count). The molecule has 1 aromatic heterocycles. The lowest BCUT2D eigenvalue weighted by atomic mass is 9.90. The minimum atomic E-state index is -1.34. The third kappa shape index (κ3) is 7.55. The van der Waals surface area contributed by atoms with Crippen molar-refractivity contribution in [2.45, 2.75) is 57.0 Å². The molecule has 1 saturated heterocycles. The van der Waals surface area contributed by atoms with E-state index in [1.54, 1.807) is 50.5 Å². The number of pyridine rings is 1. The van der Waals surface area contributed by atoms with Crippen LogP contribution >= 0.6 is 0 Å². The number of aromatic nitrogens is 1. The largest absolute Gasteiger partial charge is 0.507 e. The van der Waals surface area contributed by atoms with Crippen LogP contribution in [0.15, 0.2) is 79.1 Å². The van der Waals surface area contributed by atoms with Gasteiger partial charge in [0.1, 0.15) is 17.8 Å². The van der Waals surface area contributed by atoms with Gasteiger partial charge in [-0.1, -0.05) is 55.5 Å². The number of amides is 4. The Morgan fingerprint density at radius 1 is 0.907 bits per heavy atom. The lowest BCUT2D eigenvalue weighted by Crippen LogP contribution is -2.64. The van der Waals surface area contributed by atoms with E-state index in [0.29, 0.717) is 5.56 Å². The summed E-state index contributed by atoms with van der Waals surface area (Å²) in [5.41, 5.74) is 1.48. The number of para-hydroxylation sites is 1. The third-order valence-corrected chi connectivity index (χ3v) is 7.80.